The van der Waals surface area contributed by atoms with Crippen LogP contribution in [0, 0.1) is 5.41 Å². The maximum atomic E-state index is 11.3. The van der Waals surface area contributed by atoms with Gasteiger partial charge in [0.05, 0.1) is 12.7 Å². The summed E-state index contributed by atoms with van der Waals surface area (Å²) in [7, 11) is 3.48. The molecular formula is C10H19N3O2. The lowest BCUT2D eigenvalue weighted by atomic mass is 9.80. The molecule has 1 spiro atoms. The normalized spacial score (nSPS) is 27.5. The first-order chi connectivity index (χ1) is 7.11. The van der Waals surface area contributed by atoms with Gasteiger partial charge in [0.25, 0.3) is 0 Å². The second-order valence-electron chi connectivity index (χ2n) is 4.82. The lowest BCUT2D eigenvalue weighted by Gasteiger charge is -2.37. The van der Waals surface area contributed by atoms with Crippen LogP contribution in [0.5, 0.6) is 0 Å². The highest BCUT2D eigenvalue weighted by atomic mass is 16.5. The Hall–Kier alpha value is -0.810. The van der Waals surface area contributed by atoms with Crippen LogP contribution in [-0.2, 0) is 4.74 Å². The molecule has 1 atom stereocenters. The van der Waals surface area contributed by atoms with Crippen LogP contribution in [0.4, 0.5) is 4.79 Å². The van der Waals surface area contributed by atoms with Gasteiger partial charge >= 0.3 is 6.03 Å². The van der Waals surface area contributed by atoms with E-state index in [2.05, 4.69) is 10.6 Å². The van der Waals surface area contributed by atoms with Crippen LogP contribution in [0.15, 0.2) is 0 Å². The smallest absolute Gasteiger partial charge is 0.316 e. The Morgan fingerprint density at radius 2 is 2.33 bits per heavy atom. The van der Waals surface area contributed by atoms with E-state index < -0.39 is 0 Å². The minimum Gasteiger partial charge on any atom is -0.376 e. The average Bonchev–Trinajstić information content (AvgIpc) is 2.57. The van der Waals surface area contributed by atoms with Crippen molar-refractivity contribution in [3.05, 3.63) is 0 Å². The summed E-state index contributed by atoms with van der Waals surface area (Å²) in [5, 5.41) is 6.12. The summed E-state index contributed by atoms with van der Waals surface area (Å²) in [6.07, 6.45) is 1.25. The summed E-state index contributed by atoms with van der Waals surface area (Å²) in [6, 6.07) is -0.0497. The molecule has 2 rings (SSSR count). The van der Waals surface area contributed by atoms with Crippen LogP contribution in [0.25, 0.3) is 0 Å². The van der Waals surface area contributed by atoms with Gasteiger partial charge in [-0.3, -0.25) is 0 Å². The monoisotopic (exact) mass is 213 g/mol. The number of nitrogens with one attached hydrogen (secondary N) is 2. The first kappa shape index (κ1) is 10.7. The SMILES string of the molecule is CN(C)C(=O)NC[C@H]1CC2(CNC2)CO1. The number of carbonyl (C=O) groups is 1. The summed E-state index contributed by atoms with van der Waals surface area (Å²) in [4.78, 5) is 12.8. The molecule has 5 nitrogen and oxygen atoms in total. The van der Waals surface area contributed by atoms with E-state index in [-0.39, 0.29) is 12.1 Å². The van der Waals surface area contributed by atoms with Gasteiger partial charge < -0.3 is 20.3 Å². The predicted octanol–water partition coefficient (Wildman–Crippen LogP) is -0.364. The molecule has 0 aromatic carbocycles. The zero-order valence-corrected chi connectivity index (χ0v) is 9.38. The van der Waals surface area contributed by atoms with Gasteiger partial charge in [-0.25, -0.2) is 4.79 Å². The summed E-state index contributed by atoms with van der Waals surface area (Å²) in [5.41, 5.74) is 0.369. The summed E-state index contributed by atoms with van der Waals surface area (Å²) in [5.74, 6) is 0. The maximum Gasteiger partial charge on any atom is 0.316 e. The first-order valence-electron chi connectivity index (χ1n) is 5.39. The standard InChI is InChI=1S/C10H19N3O2/c1-13(2)9(14)12-4-8-3-10(7-15-8)5-11-6-10/h8,11H,3-7H2,1-2H3,(H,12,14)/t8-/m1/s1. The third kappa shape index (κ3) is 2.23. The minimum atomic E-state index is -0.0497. The van der Waals surface area contributed by atoms with Crippen molar-refractivity contribution in [2.45, 2.75) is 12.5 Å². The fraction of sp³-hybridized carbons (Fsp3) is 0.900. The zero-order chi connectivity index (χ0) is 10.9. The third-order valence-corrected chi connectivity index (χ3v) is 3.17. The van der Waals surface area contributed by atoms with E-state index in [1.165, 1.54) is 4.90 Å². The largest absolute Gasteiger partial charge is 0.376 e. The lowest BCUT2D eigenvalue weighted by molar-refractivity contribution is 0.0797. The quantitative estimate of drug-likeness (QED) is 0.658. The molecule has 15 heavy (non-hydrogen) atoms. The van der Waals surface area contributed by atoms with Crippen LogP contribution < -0.4 is 10.6 Å². The predicted molar refractivity (Wildman–Crippen MR) is 56.7 cm³/mol. The molecule has 0 unspecified atom stereocenters. The van der Waals surface area contributed by atoms with E-state index >= 15 is 0 Å². The van der Waals surface area contributed by atoms with E-state index in [4.69, 9.17) is 4.74 Å². The zero-order valence-electron chi connectivity index (χ0n) is 9.38. The molecule has 0 radical (unpaired) electrons. The van der Waals surface area contributed by atoms with Crippen molar-refractivity contribution in [1.82, 2.24) is 15.5 Å². The molecule has 0 aromatic rings. The Labute approximate surface area is 90.1 Å². The maximum absolute atomic E-state index is 11.3. The van der Waals surface area contributed by atoms with Gasteiger partial charge in [0, 0.05) is 39.1 Å². The van der Waals surface area contributed by atoms with E-state index in [9.17, 15) is 4.79 Å². The number of carbonyl (C=O) groups excluding carboxylic acids is 1. The Kier molecular flexibility index (Phi) is 2.84. The minimum absolute atomic E-state index is 0.0497. The summed E-state index contributed by atoms with van der Waals surface area (Å²) >= 11 is 0. The van der Waals surface area contributed by atoms with Crippen molar-refractivity contribution in [1.29, 1.82) is 0 Å². The van der Waals surface area contributed by atoms with E-state index in [0.717, 1.165) is 26.1 Å². The molecule has 2 fully saturated rings. The Bertz CT molecular complexity index is 251. The van der Waals surface area contributed by atoms with E-state index in [1.807, 2.05) is 0 Å². The van der Waals surface area contributed by atoms with Crippen LogP contribution in [0.1, 0.15) is 6.42 Å². The van der Waals surface area contributed by atoms with Crippen LogP contribution in [-0.4, -0.2) is 57.4 Å². The summed E-state index contributed by atoms with van der Waals surface area (Å²) in [6.45, 7) is 3.58. The van der Waals surface area contributed by atoms with Gasteiger partial charge in [0.15, 0.2) is 0 Å². The molecule has 2 aliphatic heterocycles. The van der Waals surface area contributed by atoms with Crippen molar-refractivity contribution >= 4 is 6.03 Å². The van der Waals surface area contributed by atoms with Gasteiger partial charge in [0.2, 0.25) is 0 Å². The van der Waals surface area contributed by atoms with Gasteiger partial charge in [-0.15, -0.1) is 0 Å². The molecule has 2 aliphatic rings. The molecule has 5 heteroatoms. The Balaban J connectivity index is 1.71. The highest BCUT2D eigenvalue weighted by Gasteiger charge is 2.44. The Morgan fingerprint density at radius 3 is 2.80 bits per heavy atom. The number of urea groups is 1. The van der Waals surface area contributed by atoms with Crippen molar-refractivity contribution in [3.8, 4) is 0 Å². The molecule has 2 amide bonds. The van der Waals surface area contributed by atoms with Gasteiger partial charge in [0.1, 0.15) is 0 Å². The van der Waals surface area contributed by atoms with Crippen LogP contribution in [0.2, 0.25) is 0 Å². The van der Waals surface area contributed by atoms with Crippen LogP contribution in [0.3, 0.4) is 0 Å². The van der Waals surface area contributed by atoms with Crippen molar-refractivity contribution in [3.63, 3.8) is 0 Å². The highest BCUT2D eigenvalue weighted by molar-refractivity contribution is 5.73. The number of rotatable bonds is 2. The molecule has 0 saturated carbocycles. The molecule has 2 saturated heterocycles. The lowest BCUT2D eigenvalue weighted by Crippen LogP contribution is -2.54. The fourth-order valence-corrected chi connectivity index (χ4v) is 2.11. The summed E-state index contributed by atoms with van der Waals surface area (Å²) < 4.78 is 5.67. The molecule has 86 valence electrons. The Morgan fingerprint density at radius 1 is 1.60 bits per heavy atom. The topological polar surface area (TPSA) is 53.6 Å². The van der Waals surface area contributed by atoms with Crippen molar-refractivity contribution in [2.24, 2.45) is 5.41 Å². The first-order valence-corrected chi connectivity index (χ1v) is 5.39. The van der Waals surface area contributed by atoms with Crippen molar-refractivity contribution < 1.29 is 9.53 Å². The molecule has 0 bridgehead atoms. The van der Waals surface area contributed by atoms with Crippen molar-refractivity contribution in [2.75, 3.05) is 40.3 Å². The molecular weight excluding hydrogens is 194 g/mol. The highest BCUT2D eigenvalue weighted by Crippen LogP contribution is 2.35. The third-order valence-electron chi connectivity index (χ3n) is 3.17. The number of hydrogen-bond donors (Lipinski definition) is 2. The molecule has 2 heterocycles. The number of nitrogens with zero attached hydrogens (tertiary/aromatic N) is 1. The van der Waals surface area contributed by atoms with E-state index in [0.29, 0.717) is 12.0 Å². The second kappa shape index (κ2) is 3.98. The molecule has 0 aliphatic carbocycles. The number of hydrogen-bond acceptors (Lipinski definition) is 3. The average molecular weight is 213 g/mol. The molecule has 2 N–H and O–H groups in total. The fourth-order valence-electron chi connectivity index (χ4n) is 2.11. The van der Waals surface area contributed by atoms with Gasteiger partial charge in [-0.1, -0.05) is 0 Å². The number of amides is 2. The van der Waals surface area contributed by atoms with Crippen LogP contribution >= 0.6 is 0 Å². The van der Waals surface area contributed by atoms with Gasteiger partial charge in [-0.05, 0) is 6.42 Å². The molecule has 0 aromatic heterocycles. The second-order valence-corrected chi connectivity index (χ2v) is 4.82. The van der Waals surface area contributed by atoms with E-state index in [1.54, 1.807) is 14.1 Å². The van der Waals surface area contributed by atoms with Gasteiger partial charge in [-0.2, -0.15) is 0 Å². The number of ether oxygens (including phenoxy) is 1.